The van der Waals surface area contributed by atoms with Crippen molar-refractivity contribution in [3.05, 3.63) is 59.1 Å². The van der Waals surface area contributed by atoms with Gasteiger partial charge in [-0.1, -0.05) is 28.9 Å². The molecule has 5 rings (SSSR count). The SMILES string of the molecule is CC(=O)N1CCN(c2cc(-c3noc([C@@H]4CCCN4Cc4ccc(Cl)cc4)n3)ccn2)CC1. The number of likely N-dealkylation sites (tertiary alicyclic amines) is 1. The normalized spacial score (nSPS) is 19.3. The molecule has 0 aliphatic carbocycles. The molecular weight excluding hydrogens is 440 g/mol. The molecule has 4 heterocycles. The Balaban J connectivity index is 1.29. The van der Waals surface area contributed by atoms with Crippen molar-refractivity contribution >= 4 is 23.3 Å². The predicted octanol–water partition coefficient (Wildman–Crippen LogP) is 3.79. The van der Waals surface area contributed by atoms with Gasteiger partial charge in [-0.25, -0.2) is 4.98 Å². The van der Waals surface area contributed by atoms with Crippen LogP contribution in [0.1, 0.15) is 37.3 Å². The molecule has 2 fully saturated rings. The molecule has 9 heteroatoms. The van der Waals surface area contributed by atoms with Crippen LogP contribution in [0.2, 0.25) is 5.02 Å². The van der Waals surface area contributed by atoms with E-state index in [2.05, 4.69) is 32.1 Å². The number of amides is 1. The Morgan fingerprint density at radius 2 is 1.91 bits per heavy atom. The average Bonchev–Trinajstić information content (AvgIpc) is 3.50. The van der Waals surface area contributed by atoms with Gasteiger partial charge in [-0.3, -0.25) is 9.69 Å². The maximum absolute atomic E-state index is 11.6. The molecule has 8 nitrogen and oxygen atoms in total. The lowest BCUT2D eigenvalue weighted by atomic mass is 10.2. The number of carbonyl (C=O) groups excluding carboxylic acids is 1. The Kier molecular flexibility index (Phi) is 6.28. The minimum absolute atomic E-state index is 0.114. The van der Waals surface area contributed by atoms with Gasteiger partial charge in [-0.15, -0.1) is 0 Å². The molecule has 1 aromatic carbocycles. The lowest BCUT2D eigenvalue weighted by Crippen LogP contribution is -2.48. The molecule has 3 aromatic rings. The third-order valence-electron chi connectivity index (χ3n) is 6.44. The van der Waals surface area contributed by atoms with Gasteiger partial charge in [0.05, 0.1) is 6.04 Å². The van der Waals surface area contributed by atoms with Gasteiger partial charge in [0.25, 0.3) is 0 Å². The fraction of sp³-hybridized carbons (Fsp3) is 0.417. The highest BCUT2D eigenvalue weighted by molar-refractivity contribution is 6.30. The molecule has 0 unspecified atom stereocenters. The Bertz CT molecular complexity index is 1110. The summed E-state index contributed by atoms with van der Waals surface area (Å²) in [6.07, 6.45) is 3.87. The van der Waals surface area contributed by atoms with Crippen molar-refractivity contribution in [2.45, 2.75) is 32.4 Å². The molecule has 1 atom stereocenters. The van der Waals surface area contributed by atoms with Crippen LogP contribution in [-0.4, -0.2) is 63.6 Å². The quantitative estimate of drug-likeness (QED) is 0.566. The molecule has 0 bridgehead atoms. The molecule has 0 saturated carbocycles. The van der Waals surface area contributed by atoms with Crippen LogP contribution in [-0.2, 0) is 11.3 Å². The van der Waals surface area contributed by atoms with Gasteiger partial charge < -0.3 is 14.3 Å². The number of carbonyl (C=O) groups is 1. The first-order chi connectivity index (χ1) is 16.1. The average molecular weight is 467 g/mol. The highest BCUT2D eigenvalue weighted by Gasteiger charge is 2.31. The zero-order valence-electron chi connectivity index (χ0n) is 18.7. The largest absolute Gasteiger partial charge is 0.353 e. The molecule has 172 valence electrons. The van der Waals surface area contributed by atoms with E-state index in [-0.39, 0.29) is 11.9 Å². The highest BCUT2D eigenvalue weighted by atomic mass is 35.5. The Labute approximate surface area is 198 Å². The number of hydrogen-bond donors (Lipinski definition) is 0. The molecule has 2 saturated heterocycles. The van der Waals surface area contributed by atoms with Gasteiger partial charge in [0.2, 0.25) is 17.6 Å². The Morgan fingerprint density at radius 1 is 1.12 bits per heavy atom. The number of aromatic nitrogens is 3. The number of hydrogen-bond acceptors (Lipinski definition) is 7. The van der Waals surface area contributed by atoms with Crippen LogP contribution < -0.4 is 4.90 Å². The van der Waals surface area contributed by atoms with Crippen LogP contribution in [0.4, 0.5) is 5.82 Å². The van der Waals surface area contributed by atoms with Crippen molar-refractivity contribution in [1.82, 2.24) is 24.9 Å². The second-order valence-corrected chi connectivity index (χ2v) is 9.04. The van der Waals surface area contributed by atoms with E-state index >= 15 is 0 Å². The first kappa shape index (κ1) is 21.9. The van der Waals surface area contributed by atoms with E-state index in [0.29, 0.717) is 24.8 Å². The molecule has 2 aromatic heterocycles. The zero-order valence-corrected chi connectivity index (χ0v) is 19.4. The number of rotatable bonds is 5. The third kappa shape index (κ3) is 4.86. The molecule has 1 amide bonds. The van der Waals surface area contributed by atoms with Crippen LogP contribution in [0, 0.1) is 0 Å². The van der Waals surface area contributed by atoms with E-state index in [9.17, 15) is 4.79 Å². The Hall–Kier alpha value is -2.97. The van der Waals surface area contributed by atoms with Crippen molar-refractivity contribution < 1.29 is 9.32 Å². The lowest BCUT2D eigenvalue weighted by molar-refractivity contribution is -0.129. The number of piperazine rings is 1. The van der Waals surface area contributed by atoms with Crippen molar-refractivity contribution in [1.29, 1.82) is 0 Å². The van der Waals surface area contributed by atoms with Crippen LogP contribution >= 0.6 is 11.6 Å². The molecule has 0 spiro atoms. The first-order valence-corrected chi connectivity index (χ1v) is 11.7. The molecule has 2 aliphatic rings. The summed E-state index contributed by atoms with van der Waals surface area (Å²) in [6.45, 7) is 6.37. The standard InChI is InChI=1S/C24H27ClN6O2/c1-17(32)29-11-13-30(14-12-29)22-15-19(8-9-26-22)23-27-24(33-28-23)21-3-2-10-31(21)16-18-4-6-20(25)7-5-18/h4-9,15,21H,2-3,10-14,16H2,1H3/t21-/m0/s1. The van der Waals surface area contributed by atoms with Crippen LogP contribution in [0.25, 0.3) is 11.4 Å². The number of nitrogens with zero attached hydrogens (tertiary/aromatic N) is 6. The number of benzene rings is 1. The fourth-order valence-electron chi connectivity index (χ4n) is 4.59. The summed E-state index contributed by atoms with van der Waals surface area (Å²) in [5.41, 5.74) is 2.10. The van der Waals surface area contributed by atoms with E-state index in [0.717, 1.165) is 55.4 Å². The summed E-state index contributed by atoms with van der Waals surface area (Å²) in [6, 6.07) is 12.0. The number of pyridine rings is 1. The van der Waals surface area contributed by atoms with E-state index in [1.54, 1.807) is 13.1 Å². The molecule has 33 heavy (non-hydrogen) atoms. The van der Waals surface area contributed by atoms with Gasteiger partial charge >= 0.3 is 0 Å². The highest BCUT2D eigenvalue weighted by Crippen LogP contribution is 2.33. The van der Waals surface area contributed by atoms with Gasteiger partial charge in [0, 0.05) is 56.4 Å². The summed E-state index contributed by atoms with van der Waals surface area (Å²) in [5.74, 6) is 2.22. The van der Waals surface area contributed by atoms with E-state index in [1.165, 1.54) is 5.56 Å². The summed E-state index contributed by atoms with van der Waals surface area (Å²) in [5, 5.41) is 5.02. The summed E-state index contributed by atoms with van der Waals surface area (Å²) < 4.78 is 5.71. The monoisotopic (exact) mass is 466 g/mol. The predicted molar refractivity (Wildman–Crippen MR) is 126 cm³/mol. The maximum atomic E-state index is 11.6. The summed E-state index contributed by atoms with van der Waals surface area (Å²) in [7, 11) is 0. The smallest absolute Gasteiger partial charge is 0.244 e. The fourth-order valence-corrected chi connectivity index (χ4v) is 4.71. The molecule has 2 aliphatic heterocycles. The second-order valence-electron chi connectivity index (χ2n) is 8.61. The maximum Gasteiger partial charge on any atom is 0.244 e. The van der Waals surface area contributed by atoms with Gasteiger partial charge in [-0.05, 0) is 49.2 Å². The van der Waals surface area contributed by atoms with Crippen LogP contribution in [0.15, 0.2) is 47.1 Å². The van der Waals surface area contributed by atoms with Crippen LogP contribution in [0.5, 0.6) is 0 Å². The van der Waals surface area contributed by atoms with Crippen molar-refractivity contribution in [2.24, 2.45) is 0 Å². The van der Waals surface area contributed by atoms with Crippen molar-refractivity contribution in [3.63, 3.8) is 0 Å². The minimum atomic E-state index is 0.114. The minimum Gasteiger partial charge on any atom is -0.353 e. The van der Waals surface area contributed by atoms with E-state index in [1.807, 2.05) is 29.2 Å². The summed E-state index contributed by atoms with van der Waals surface area (Å²) in [4.78, 5) is 27.3. The van der Waals surface area contributed by atoms with Crippen LogP contribution in [0.3, 0.4) is 0 Å². The van der Waals surface area contributed by atoms with Gasteiger partial charge in [0.15, 0.2) is 0 Å². The van der Waals surface area contributed by atoms with Gasteiger partial charge in [0.1, 0.15) is 5.82 Å². The first-order valence-electron chi connectivity index (χ1n) is 11.4. The van der Waals surface area contributed by atoms with Crippen molar-refractivity contribution in [3.8, 4) is 11.4 Å². The topological polar surface area (TPSA) is 78.6 Å². The number of anilines is 1. The Morgan fingerprint density at radius 3 is 2.67 bits per heavy atom. The molecular formula is C24H27ClN6O2. The van der Waals surface area contributed by atoms with E-state index in [4.69, 9.17) is 21.1 Å². The van der Waals surface area contributed by atoms with E-state index < -0.39 is 0 Å². The molecule has 0 radical (unpaired) electrons. The summed E-state index contributed by atoms with van der Waals surface area (Å²) >= 11 is 6.02. The van der Waals surface area contributed by atoms with Crippen molar-refractivity contribution in [2.75, 3.05) is 37.6 Å². The second kappa shape index (κ2) is 9.49. The molecule has 0 N–H and O–H groups in total. The zero-order chi connectivity index (χ0) is 22.8. The number of halogens is 1. The van der Waals surface area contributed by atoms with Gasteiger partial charge in [-0.2, -0.15) is 4.98 Å². The third-order valence-corrected chi connectivity index (χ3v) is 6.69. The lowest BCUT2D eigenvalue weighted by Gasteiger charge is -2.34.